The van der Waals surface area contributed by atoms with Crippen LogP contribution in [0.2, 0.25) is 0 Å². The Balaban J connectivity index is 1.61. The summed E-state index contributed by atoms with van der Waals surface area (Å²) in [4.78, 5) is 18.9. The normalized spacial score (nSPS) is 11.0. The minimum absolute atomic E-state index is 0.0942. The third kappa shape index (κ3) is 2.91. The molecule has 0 unspecified atom stereocenters. The van der Waals surface area contributed by atoms with E-state index in [9.17, 15) is 4.79 Å². The number of aryl methyl sites for hydroxylation is 3. The molecule has 2 heterocycles. The molecule has 0 aliphatic rings. The van der Waals surface area contributed by atoms with Gasteiger partial charge in [0, 0.05) is 12.7 Å². The number of nitrogens with one attached hydrogen (secondary N) is 1. The molecular weight excluding hydrogens is 342 g/mol. The standard InChI is InChI=1S/C21H19N3OS/c1-13-8-9-15(12-14(13)2)22-21(25)19-11-10-18(26-19)20-23-16-6-4-5-7-17(16)24(20)3/h4-12H,1-3H3,(H,22,25). The highest BCUT2D eigenvalue weighted by Gasteiger charge is 2.15. The second-order valence-electron chi connectivity index (χ2n) is 6.40. The van der Waals surface area contributed by atoms with E-state index < -0.39 is 0 Å². The lowest BCUT2D eigenvalue weighted by atomic mass is 10.1. The van der Waals surface area contributed by atoms with Crippen LogP contribution in [-0.4, -0.2) is 15.5 Å². The molecule has 0 spiro atoms. The van der Waals surface area contributed by atoms with Crippen molar-refractivity contribution < 1.29 is 4.79 Å². The average Bonchev–Trinajstić information content (AvgIpc) is 3.24. The third-order valence-electron chi connectivity index (χ3n) is 4.60. The lowest BCUT2D eigenvalue weighted by molar-refractivity contribution is 0.103. The van der Waals surface area contributed by atoms with Crippen LogP contribution < -0.4 is 5.32 Å². The van der Waals surface area contributed by atoms with E-state index in [-0.39, 0.29) is 5.91 Å². The number of anilines is 1. The van der Waals surface area contributed by atoms with Crippen LogP contribution in [0.15, 0.2) is 54.6 Å². The fourth-order valence-corrected chi connectivity index (χ4v) is 3.88. The number of fused-ring (bicyclic) bond motifs is 1. The number of imidazole rings is 1. The summed E-state index contributed by atoms with van der Waals surface area (Å²) in [6.45, 7) is 4.10. The van der Waals surface area contributed by atoms with Crippen molar-refractivity contribution in [2.75, 3.05) is 5.32 Å². The number of para-hydroxylation sites is 2. The fourth-order valence-electron chi connectivity index (χ4n) is 2.96. The second kappa shape index (κ2) is 6.42. The molecule has 4 aromatic rings. The molecule has 0 aliphatic heterocycles. The smallest absolute Gasteiger partial charge is 0.265 e. The Bertz CT molecular complexity index is 1120. The highest BCUT2D eigenvalue weighted by atomic mass is 32.1. The number of hydrogen-bond acceptors (Lipinski definition) is 3. The maximum atomic E-state index is 12.6. The molecule has 0 aliphatic carbocycles. The summed E-state index contributed by atoms with van der Waals surface area (Å²) in [5.74, 6) is 0.782. The van der Waals surface area contributed by atoms with Gasteiger partial charge in [-0.3, -0.25) is 4.79 Å². The number of aromatic nitrogens is 2. The third-order valence-corrected chi connectivity index (χ3v) is 5.68. The van der Waals surface area contributed by atoms with Gasteiger partial charge in [0.25, 0.3) is 5.91 Å². The largest absolute Gasteiger partial charge is 0.326 e. The summed E-state index contributed by atoms with van der Waals surface area (Å²) in [6, 6.07) is 17.8. The second-order valence-corrected chi connectivity index (χ2v) is 7.48. The predicted molar refractivity (Wildman–Crippen MR) is 108 cm³/mol. The first kappa shape index (κ1) is 16.5. The van der Waals surface area contributed by atoms with E-state index in [0.717, 1.165) is 33.0 Å². The molecular formula is C21H19N3OS. The molecule has 0 atom stereocenters. The molecule has 0 fully saturated rings. The maximum Gasteiger partial charge on any atom is 0.265 e. The van der Waals surface area contributed by atoms with Crippen molar-refractivity contribution in [3.8, 4) is 10.7 Å². The molecule has 0 radical (unpaired) electrons. The van der Waals surface area contributed by atoms with Crippen LogP contribution in [0.25, 0.3) is 21.7 Å². The van der Waals surface area contributed by atoms with Crippen LogP contribution in [0.3, 0.4) is 0 Å². The SMILES string of the molecule is Cc1ccc(NC(=O)c2ccc(-c3nc4ccccc4n3C)s2)cc1C. The Hall–Kier alpha value is -2.92. The zero-order chi connectivity index (χ0) is 18.3. The van der Waals surface area contributed by atoms with E-state index in [2.05, 4.69) is 16.8 Å². The Kier molecular flexibility index (Phi) is 4.09. The summed E-state index contributed by atoms with van der Waals surface area (Å²) < 4.78 is 2.06. The Morgan fingerprint density at radius 1 is 1.04 bits per heavy atom. The predicted octanol–water partition coefficient (Wildman–Crippen LogP) is 5.17. The van der Waals surface area contributed by atoms with Crippen LogP contribution in [0.4, 0.5) is 5.69 Å². The molecule has 1 N–H and O–H groups in total. The van der Waals surface area contributed by atoms with Crippen LogP contribution in [-0.2, 0) is 7.05 Å². The molecule has 4 nitrogen and oxygen atoms in total. The molecule has 26 heavy (non-hydrogen) atoms. The van der Waals surface area contributed by atoms with Crippen LogP contribution >= 0.6 is 11.3 Å². The summed E-state index contributed by atoms with van der Waals surface area (Å²) in [5, 5.41) is 2.98. The number of nitrogens with zero attached hydrogens (tertiary/aromatic N) is 2. The van der Waals surface area contributed by atoms with Gasteiger partial charge in [0.15, 0.2) is 5.82 Å². The molecule has 130 valence electrons. The van der Waals surface area contributed by atoms with Crippen molar-refractivity contribution >= 4 is 34.0 Å². The van der Waals surface area contributed by atoms with Gasteiger partial charge in [-0.15, -0.1) is 11.3 Å². The highest BCUT2D eigenvalue weighted by molar-refractivity contribution is 7.17. The molecule has 0 bridgehead atoms. The number of rotatable bonds is 3. The summed E-state index contributed by atoms with van der Waals surface area (Å²) in [5.41, 5.74) is 5.23. The molecule has 5 heteroatoms. The van der Waals surface area contributed by atoms with Gasteiger partial charge in [0.1, 0.15) is 0 Å². The van der Waals surface area contributed by atoms with Crippen molar-refractivity contribution in [1.29, 1.82) is 0 Å². The van der Waals surface area contributed by atoms with E-state index in [4.69, 9.17) is 4.98 Å². The summed E-state index contributed by atoms with van der Waals surface area (Å²) in [7, 11) is 2.00. The molecule has 2 aromatic heterocycles. The summed E-state index contributed by atoms with van der Waals surface area (Å²) in [6.07, 6.45) is 0. The van der Waals surface area contributed by atoms with Gasteiger partial charge in [0.2, 0.25) is 0 Å². The lowest BCUT2D eigenvalue weighted by Crippen LogP contribution is -2.10. The molecule has 4 rings (SSSR count). The number of amides is 1. The minimum atomic E-state index is -0.0942. The van der Waals surface area contributed by atoms with Crippen molar-refractivity contribution in [2.45, 2.75) is 13.8 Å². The van der Waals surface area contributed by atoms with Crippen molar-refractivity contribution in [3.05, 3.63) is 70.6 Å². The Labute approximate surface area is 156 Å². The first-order valence-corrected chi connectivity index (χ1v) is 9.25. The van der Waals surface area contributed by atoms with Crippen molar-refractivity contribution in [3.63, 3.8) is 0 Å². The zero-order valence-corrected chi connectivity index (χ0v) is 15.7. The van der Waals surface area contributed by atoms with Crippen LogP contribution in [0, 0.1) is 13.8 Å². The van der Waals surface area contributed by atoms with Crippen LogP contribution in [0.1, 0.15) is 20.8 Å². The number of carbonyl (C=O) groups is 1. The lowest BCUT2D eigenvalue weighted by Gasteiger charge is -2.06. The molecule has 2 aromatic carbocycles. The van der Waals surface area contributed by atoms with Gasteiger partial charge in [-0.1, -0.05) is 18.2 Å². The number of thiophene rings is 1. The number of hydrogen-bond donors (Lipinski definition) is 1. The first-order valence-electron chi connectivity index (χ1n) is 8.43. The van der Waals surface area contributed by atoms with E-state index in [0.29, 0.717) is 4.88 Å². The minimum Gasteiger partial charge on any atom is -0.326 e. The van der Waals surface area contributed by atoms with Crippen molar-refractivity contribution in [2.24, 2.45) is 7.05 Å². The van der Waals surface area contributed by atoms with E-state index in [1.54, 1.807) is 0 Å². The fraction of sp³-hybridized carbons (Fsp3) is 0.143. The first-order chi connectivity index (χ1) is 12.5. The van der Waals surface area contributed by atoms with Gasteiger partial charge >= 0.3 is 0 Å². The zero-order valence-electron chi connectivity index (χ0n) is 14.9. The highest BCUT2D eigenvalue weighted by Crippen LogP contribution is 2.30. The molecule has 1 amide bonds. The quantitative estimate of drug-likeness (QED) is 0.547. The Morgan fingerprint density at radius 2 is 1.85 bits per heavy atom. The van der Waals surface area contributed by atoms with Crippen LogP contribution in [0.5, 0.6) is 0 Å². The average molecular weight is 361 g/mol. The number of benzene rings is 2. The van der Waals surface area contributed by atoms with Crippen molar-refractivity contribution in [1.82, 2.24) is 9.55 Å². The van der Waals surface area contributed by atoms with E-state index in [1.807, 2.05) is 68.6 Å². The Morgan fingerprint density at radius 3 is 2.62 bits per heavy atom. The maximum absolute atomic E-state index is 12.6. The van der Waals surface area contributed by atoms with Gasteiger partial charge in [0.05, 0.1) is 20.8 Å². The van der Waals surface area contributed by atoms with Gasteiger partial charge < -0.3 is 9.88 Å². The van der Waals surface area contributed by atoms with Gasteiger partial charge in [-0.25, -0.2) is 4.98 Å². The molecule has 0 saturated carbocycles. The van der Waals surface area contributed by atoms with Gasteiger partial charge in [-0.05, 0) is 61.4 Å². The van der Waals surface area contributed by atoms with E-state index >= 15 is 0 Å². The molecule has 0 saturated heterocycles. The topological polar surface area (TPSA) is 46.9 Å². The van der Waals surface area contributed by atoms with E-state index in [1.165, 1.54) is 16.9 Å². The van der Waals surface area contributed by atoms with Gasteiger partial charge in [-0.2, -0.15) is 0 Å². The number of carbonyl (C=O) groups excluding carboxylic acids is 1. The monoisotopic (exact) mass is 361 g/mol. The summed E-state index contributed by atoms with van der Waals surface area (Å²) >= 11 is 1.45.